The van der Waals surface area contributed by atoms with Gasteiger partial charge in [0.25, 0.3) is 0 Å². The van der Waals surface area contributed by atoms with E-state index in [0.29, 0.717) is 0 Å². The minimum absolute atomic E-state index is 0. The number of para-hydroxylation sites is 4. The maximum Gasteiger partial charge on any atom is 2.00 e. The second kappa shape index (κ2) is 6.18. The number of benzene rings is 2. The van der Waals surface area contributed by atoms with Crippen LogP contribution in [0.2, 0.25) is 0 Å². The Balaban J connectivity index is 0.000000133. The molecule has 4 aromatic rings. The molecule has 2 heterocycles. The number of rotatable bonds is 0. The molecule has 0 fully saturated rings. The first kappa shape index (κ1) is 13.3. The number of hydrogen-bond donors (Lipinski definition) is 0. The van der Waals surface area contributed by atoms with E-state index in [1.165, 1.54) is 0 Å². The zero-order chi connectivity index (χ0) is 12.2. The van der Waals surface area contributed by atoms with Gasteiger partial charge in [0.05, 0.1) is 0 Å². The molecular weight excluding hydrogens is 288 g/mol. The van der Waals surface area contributed by atoms with Crippen LogP contribution < -0.4 is 9.97 Å². The van der Waals surface area contributed by atoms with Gasteiger partial charge >= 0.3 is 17.1 Å². The number of hydrogen-bond acceptors (Lipinski definition) is 2. The van der Waals surface area contributed by atoms with E-state index < -0.39 is 0 Å². The fourth-order valence-corrected chi connectivity index (χ4v) is 1.67. The molecule has 0 atom stereocenters. The van der Waals surface area contributed by atoms with Gasteiger partial charge in [-0.05, 0) is 22.1 Å². The van der Waals surface area contributed by atoms with Crippen LogP contribution in [0, 0.1) is 0 Å². The molecule has 0 saturated carbocycles. The molecule has 19 heavy (non-hydrogen) atoms. The fraction of sp³-hybridized carbons (Fsp3) is 0. The largest absolute Gasteiger partial charge is 2.00 e. The summed E-state index contributed by atoms with van der Waals surface area (Å²) >= 11 is 0. The van der Waals surface area contributed by atoms with Crippen LogP contribution in [0.4, 0.5) is 0 Å². The maximum atomic E-state index is 4.01. The molecule has 4 nitrogen and oxygen atoms in total. The molecule has 0 aliphatic carbocycles. The second-order valence-corrected chi connectivity index (χ2v) is 3.72. The van der Waals surface area contributed by atoms with Gasteiger partial charge in [-0.15, -0.1) is 0 Å². The molecular formula is C14H10CuN4. The zero-order valence-corrected chi connectivity index (χ0v) is 10.8. The van der Waals surface area contributed by atoms with Crippen LogP contribution in [-0.4, -0.2) is 9.97 Å². The van der Waals surface area contributed by atoms with Gasteiger partial charge in [0.1, 0.15) is 0 Å². The third kappa shape index (κ3) is 3.02. The first-order valence-corrected chi connectivity index (χ1v) is 5.58. The van der Waals surface area contributed by atoms with Crippen molar-refractivity contribution in [2.24, 2.45) is 0 Å². The number of aromatic nitrogens is 4. The Labute approximate surface area is 120 Å². The molecule has 0 aliphatic rings. The Kier molecular flexibility index (Phi) is 4.34. The maximum absolute atomic E-state index is 4.01. The topological polar surface area (TPSA) is 54.0 Å². The molecule has 0 N–H and O–H groups in total. The van der Waals surface area contributed by atoms with Gasteiger partial charge in [-0.3, -0.25) is 0 Å². The molecule has 0 unspecified atom stereocenters. The summed E-state index contributed by atoms with van der Waals surface area (Å²) in [6, 6.07) is 15.6. The molecule has 5 heteroatoms. The van der Waals surface area contributed by atoms with Crippen molar-refractivity contribution in [3.63, 3.8) is 0 Å². The van der Waals surface area contributed by atoms with Crippen molar-refractivity contribution >= 4 is 22.1 Å². The summed E-state index contributed by atoms with van der Waals surface area (Å²) in [5.41, 5.74) is 3.88. The predicted molar refractivity (Wildman–Crippen MR) is 70.1 cm³/mol. The minimum Gasteiger partial charge on any atom is -0.443 e. The molecule has 0 spiro atoms. The predicted octanol–water partition coefficient (Wildman–Crippen LogP) is 2.38. The van der Waals surface area contributed by atoms with Crippen molar-refractivity contribution in [2.75, 3.05) is 0 Å². The van der Waals surface area contributed by atoms with Crippen molar-refractivity contribution in [3.8, 4) is 0 Å². The van der Waals surface area contributed by atoms with E-state index in [0.717, 1.165) is 22.1 Å². The fourth-order valence-electron chi connectivity index (χ4n) is 1.67. The summed E-state index contributed by atoms with van der Waals surface area (Å²) in [7, 11) is 0. The van der Waals surface area contributed by atoms with Crippen molar-refractivity contribution in [2.45, 2.75) is 0 Å². The number of fused-ring (bicyclic) bond motifs is 2. The number of imidazole rings is 2. The molecule has 0 aliphatic heterocycles. The van der Waals surface area contributed by atoms with Crippen molar-refractivity contribution < 1.29 is 17.1 Å². The Morgan fingerprint density at radius 1 is 0.632 bits per heavy atom. The van der Waals surface area contributed by atoms with Crippen molar-refractivity contribution in [1.82, 2.24) is 19.9 Å². The molecule has 0 saturated heterocycles. The normalized spacial score (nSPS) is 9.68. The first-order valence-electron chi connectivity index (χ1n) is 5.58. The van der Waals surface area contributed by atoms with Crippen molar-refractivity contribution in [3.05, 3.63) is 61.2 Å². The molecule has 0 bridgehead atoms. The van der Waals surface area contributed by atoms with E-state index in [9.17, 15) is 0 Å². The van der Waals surface area contributed by atoms with Gasteiger partial charge in [-0.25, -0.2) is 0 Å². The van der Waals surface area contributed by atoms with Gasteiger partial charge in [0.15, 0.2) is 0 Å². The van der Waals surface area contributed by atoms with Crippen LogP contribution >= 0.6 is 0 Å². The standard InChI is InChI=1S/2C7H5N2.Cu/c2*1-2-4-7-6(3-1)8-5-9-7;/h2*1-5H;/q2*-1;+2. The number of nitrogens with zero attached hydrogens (tertiary/aromatic N) is 4. The van der Waals surface area contributed by atoms with Crippen LogP contribution in [0.1, 0.15) is 0 Å². The quantitative estimate of drug-likeness (QED) is 0.468. The van der Waals surface area contributed by atoms with Crippen LogP contribution in [-0.2, 0) is 17.1 Å². The molecule has 2 aromatic carbocycles. The molecule has 97 valence electrons. The molecule has 4 rings (SSSR count). The summed E-state index contributed by atoms with van der Waals surface area (Å²) < 4.78 is 0. The Morgan fingerprint density at radius 3 is 1.47 bits per heavy atom. The zero-order valence-electron chi connectivity index (χ0n) is 9.86. The minimum atomic E-state index is 0. The summed E-state index contributed by atoms with van der Waals surface area (Å²) in [6.07, 6.45) is 3.15. The monoisotopic (exact) mass is 297 g/mol. The van der Waals surface area contributed by atoms with Crippen LogP contribution in [0.3, 0.4) is 0 Å². The SMILES string of the molecule is [Cu+2].c1ccc2[n-]cnc2c1.c1ccc2[n-]cnc2c1. The smallest absolute Gasteiger partial charge is 0.443 e. The van der Waals surface area contributed by atoms with E-state index in [4.69, 9.17) is 0 Å². The average Bonchev–Trinajstić information content (AvgIpc) is 3.08. The van der Waals surface area contributed by atoms with Crippen molar-refractivity contribution in [1.29, 1.82) is 0 Å². The molecule has 0 amide bonds. The van der Waals surface area contributed by atoms with E-state index in [-0.39, 0.29) is 17.1 Å². The van der Waals surface area contributed by atoms with Crippen LogP contribution in [0.25, 0.3) is 22.1 Å². The summed E-state index contributed by atoms with van der Waals surface area (Å²) in [6.45, 7) is 0. The summed E-state index contributed by atoms with van der Waals surface area (Å²) in [4.78, 5) is 16.0. The molecule has 1 radical (unpaired) electrons. The Hall–Kier alpha value is -2.10. The van der Waals surface area contributed by atoms with Gasteiger partial charge < -0.3 is 19.9 Å². The Morgan fingerprint density at radius 2 is 1.05 bits per heavy atom. The van der Waals surface area contributed by atoms with Crippen LogP contribution in [0.5, 0.6) is 0 Å². The van der Waals surface area contributed by atoms with E-state index in [1.807, 2.05) is 48.5 Å². The third-order valence-electron chi connectivity index (χ3n) is 2.55. The van der Waals surface area contributed by atoms with Gasteiger partial charge in [0.2, 0.25) is 0 Å². The third-order valence-corrected chi connectivity index (χ3v) is 2.55. The van der Waals surface area contributed by atoms with E-state index in [1.54, 1.807) is 12.7 Å². The first-order chi connectivity index (χ1) is 8.93. The Bertz CT molecular complexity index is 633. The summed E-state index contributed by atoms with van der Waals surface area (Å²) in [5.74, 6) is 0. The summed E-state index contributed by atoms with van der Waals surface area (Å²) in [5, 5.41) is 0. The van der Waals surface area contributed by atoms with E-state index in [2.05, 4.69) is 19.9 Å². The average molecular weight is 298 g/mol. The second-order valence-electron chi connectivity index (χ2n) is 3.72. The van der Waals surface area contributed by atoms with Gasteiger partial charge in [0, 0.05) is 0 Å². The van der Waals surface area contributed by atoms with Gasteiger partial charge in [-0.1, -0.05) is 61.2 Å². The molecule has 2 aromatic heterocycles. The van der Waals surface area contributed by atoms with E-state index >= 15 is 0 Å². The van der Waals surface area contributed by atoms with Crippen LogP contribution in [0.15, 0.2) is 61.2 Å². The van der Waals surface area contributed by atoms with Gasteiger partial charge in [-0.2, -0.15) is 0 Å².